The van der Waals surface area contributed by atoms with Crippen molar-refractivity contribution in [3.63, 3.8) is 0 Å². The van der Waals surface area contributed by atoms with E-state index in [0.717, 1.165) is 30.0 Å². The molecule has 0 aromatic carbocycles. The third-order valence-electron chi connectivity index (χ3n) is 2.53. The lowest BCUT2D eigenvalue weighted by atomic mass is 10.3. The van der Waals surface area contributed by atoms with Gasteiger partial charge in [0.2, 0.25) is 0 Å². The van der Waals surface area contributed by atoms with Gasteiger partial charge >= 0.3 is 6.18 Å². The standard InChI is InChI=1S/C12H14F3N5/c1-3-4-16-10-5-11(19-8(2)18-10)20-7-9(6-17-20)12(13,14)15/h5-7H,3-4H2,1-2H3,(H,16,18,19). The molecule has 0 saturated carbocycles. The molecule has 0 aliphatic heterocycles. The number of hydrogen-bond donors (Lipinski definition) is 1. The Labute approximate surface area is 113 Å². The summed E-state index contributed by atoms with van der Waals surface area (Å²) in [4.78, 5) is 8.26. The molecule has 0 aliphatic rings. The van der Waals surface area contributed by atoms with E-state index in [1.54, 1.807) is 13.0 Å². The topological polar surface area (TPSA) is 55.6 Å². The van der Waals surface area contributed by atoms with Crippen LogP contribution in [0.5, 0.6) is 0 Å². The second-order valence-corrected chi connectivity index (χ2v) is 4.26. The predicted octanol–water partition coefficient (Wildman–Crippen LogP) is 2.81. The van der Waals surface area contributed by atoms with Crippen LogP contribution in [0.3, 0.4) is 0 Å². The highest BCUT2D eigenvalue weighted by molar-refractivity contribution is 5.41. The van der Waals surface area contributed by atoms with E-state index in [1.807, 2.05) is 6.92 Å². The van der Waals surface area contributed by atoms with Crippen molar-refractivity contribution in [1.82, 2.24) is 19.7 Å². The number of hydrogen-bond acceptors (Lipinski definition) is 4. The Morgan fingerprint density at radius 3 is 2.65 bits per heavy atom. The number of aromatic nitrogens is 4. The number of anilines is 1. The molecule has 0 fully saturated rings. The van der Waals surface area contributed by atoms with E-state index in [4.69, 9.17) is 0 Å². The molecule has 0 atom stereocenters. The molecule has 2 aromatic heterocycles. The van der Waals surface area contributed by atoms with Crippen LogP contribution in [0.4, 0.5) is 19.0 Å². The van der Waals surface area contributed by atoms with Crippen molar-refractivity contribution in [3.8, 4) is 5.82 Å². The van der Waals surface area contributed by atoms with Gasteiger partial charge in [0.1, 0.15) is 11.6 Å². The van der Waals surface area contributed by atoms with E-state index in [0.29, 0.717) is 17.5 Å². The van der Waals surface area contributed by atoms with Crippen LogP contribution in [-0.2, 0) is 6.18 Å². The molecule has 5 nitrogen and oxygen atoms in total. The Hall–Kier alpha value is -2.12. The van der Waals surface area contributed by atoms with Crippen LogP contribution >= 0.6 is 0 Å². The summed E-state index contributed by atoms with van der Waals surface area (Å²) in [6.45, 7) is 4.41. The number of rotatable bonds is 4. The average molecular weight is 285 g/mol. The first-order chi connectivity index (χ1) is 9.40. The van der Waals surface area contributed by atoms with Gasteiger partial charge < -0.3 is 5.32 Å². The van der Waals surface area contributed by atoms with Crippen molar-refractivity contribution < 1.29 is 13.2 Å². The van der Waals surface area contributed by atoms with Gasteiger partial charge in [-0.25, -0.2) is 14.6 Å². The smallest absolute Gasteiger partial charge is 0.370 e. The van der Waals surface area contributed by atoms with Gasteiger partial charge in [0.15, 0.2) is 5.82 Å². The summed E-state index contributed by atoms with van der Waals surface area (Å²) in [5.74, 6) is 1.33. The van der Waals surface area contributed by atoms with E-state index < -0.39 is 11.7 Å². The summed E-state index contributed by atoms with van der Waals surface area (Å²) in [6.07, 6.45) is -1.82. The molecule has 0 spiro atoms. The molecule has 20 heavy (non-hydrogen) atoms. The molecule has 0 unspecified atom stereocenters. The van der Waals surface area contributed by atoms with E-state index in [1.165, 1.54) is 0 Å². The maximum Gasteiger partial charge on any atom is 0.419 e. The highest BCUT2D eigenvalue weighted by Crippen LogP contribution is 2.29. The minimum atomic E-state index is -4.41. The fourth-order valence-corrected chi connectivity index (χ4v) is 1.61. The lowest BCUT2D eigenvalue weighted by molar-refractivity contribution is -0.137. The SMILES string of the molecule is CCCNc1cc(-n2cc(C(F)(F)F)cn2)nc(C)n1. The second-order valence-electron chi connectivity index (χ2n) is 4.26. The van der Waals surface area contributed by atoms with Gasteiger partial charge in [0.25, 0.3) is 0 Å². The monoisotopic (exact) mass is 285 g/mol. The zero-order valence-electron chi connectivity index (χ0n) is 11.1. The normalized spacial score (nSPS) is 11.7. The molecule has 1 N–H and O–H groups in total. The highest BCUT2D eigenvalue weighted by Gasteiger charge is 2.32. The van der Waals surface area contributed by atoms with Crippen LogP contribution in [0.2, 0.25) is 0 Å². The number of halogens is 3. The quantitative estimate of drug-likeness (QED) is 0.938. The van der Waals surface area contributed by atoms with Crippen LogP contribution in [0, 0.1) is 6.92 Å². The molecule has 0 saturated heterocycles. The molecule has 2 heterocycles. The Morgan fingerprint density at radius 1 is 1.30 bits per heavy atom. The number of nitrogens with zero attached hydrogens (tertiary/aromatic N) is 4. The molecule has 0 radical (unpaired) electrons. The van der Waals surface area contributed by atoms with Crippen LogP contribution in [0.1, 0.15) is 24.7 Å². The first-order valence-corrected chi connectivity index (χ1v) is 6.12. The molecule has 0 amide bonds. The van der Waals surface area contributed by atoms with Gasteiger partial charge in [0.05, 0.1) is 11.8 Å². The average Bonchev–Trinajstić information content (AvgIpc) is 2.85. The van der Waals surface area contributed by atoms with Gasteiger partial charge in [-0.3, -0.25) is 0 Å². The van der Waals surface area contributed by atoms with Crippen molar-refractivity contribution >= 4 is 5.82 Å². The fourth-order valence-electron chi connectivity index (χ4n) is 1.61. The minimum absolute atomic E-state index is 0.298. The van der Waals surface area contributed by atoms with E-state index >= 15 is 0 Å². The van der Waals surface area contributed by atoms with E-state index in [2.05, 4.69) is 20.4 Å². The summed E-state index contributed by atoms with van der Waals surface area (Å²) in [7, 11) is 0. The summed E-state index contributed by atoms with van der Waals surface area (Å²) < 4.78 is 38.7. The number of nitrogens with one attached hydrogen (secondary N) is 1. The van der Waals surface area contributed by atoms with Crippen molar-refractivity contribution in [1.29, 1.82) is 0 Å². The minimum Gasteiger partial charge on any atom is -0.370 e. The van der Waals surface area contributed by atoms with Gasteiger partial charge in [-0.15, -0.1) is 0 Å². The maximum absolute atomic E-state index is 12.5. The molecule has 2 aromatic rings. The Kier molecular flexibility index (Phi) is 3.91. The van der Waals surface area contributed by atoms with Crippen molar-refractivity contribution in [2.75, 3.05) is 11.9 Å². The summed E-state index contributed by atoms with van der Waals surface area (Å²) >= 11 is 0. The van der Waals surface area contributed by atoms with Crippen LogP contribution < -0.4 is 5.32 Å². The lowest BCUT2D eigenvalue weighted by Gasteiger charge is -2.07. The van der Waals surface area contributed by atoms with Gasteiger partial charge in [0, 0.05) is 18.8 Å². The highest BCUT2D eigenvalue weighted by atomic mass is 19.4. The summed E-state index contributed by atoms with van der Waals surface area (Å²) in [5, 5.41) is 6.76. The fraction of sp³-hybridized carbons (Fsp3) is 0.417. The second kappa shape index (κ2) is 5.48. The summed E-state index contributed by atoms with van der Waals surface area (Å²) in [5.41, 5.74) is -0.808. The van der Waals surface area contributed by atoms with Crippen LogP contribution in [-0.4, -0.2) is 26.3 Å². The number of alkyl halides is 3. The maximum atomic E-state index is 12.5. The Morgan fingerprint density at radius 2 is 2.05 bits per heavy atom. The zero-order valence-corrected chi connectivity index (χ0v) is 11.1. The van der Waals surface area contributed by atoms with Crippen molar-refractivity contribution in [3.05, 3.63) is 29.8 Å². The van der Waals surface area contributed by atoms with Crippen LogP contribution in [0.15, 0.2) is 18.5 Å². The molecule has 2 rings (SSSR count). The molecule has 0 aliphatic carbocycles. The van der Waals surface area contributed by atoms with Crippen molar-refractivity contribution in [2.45, 2.75) is 26.4 Å². The van der Waals surface area contributed by atoms with Crippen molar-refractivity contribution in [2.24, 2.45) is 0 Å². The first kappa shape index (κ1) is 14.3. The Bertz CT molecular complexity index is 591. The first-order valence-electron chi connectivity index (χ1n) is 6.12. The third kappa shape index (κ3) is 3.25. The summed E-state index contributed by atoms with van der Waals surface area (Å²) in [6, 6.07) is 1.57. The predicted molar refractivity (Wildman–Crippen MR) is 67.7 cm³/mol. The molecule has 108 valence electrons. The third-order valence-corrected chi connectivity index (χ3v) is 2.53. The van der Waals surface area contributed by atoms with Gasteiger partial charge in [-0.2, -0.15) is 18.3 Å². The molecule has 0 bridgehead atoms. The zero-order chi connectivity index (χ0) is 14.8. The van der Waals surface area contributed by atoms with E-state index in [-0.39, 0.29) is 0 Å². The van der Waals surface area contributed by atoms with Gasteiger partial charge in [-0.05, 0) is 13.3 Å². The number of aryl methyl sites for hydroxylation is 1. The van der Waals surface area contributed by atoms with E-state index in [9.17, 15) is 13.2 Å². The van der Waals surface area contributed by atoms with Crippen LogP contribution in [0.25, 0.3) is 5.82 Å². The lowest BCUT2D eigenvalue weighted by Crippen LogP contribution is -2.07. The molecular formula is C12H14F3N5. The Balaban J connectivity index is 2.32. The van der Waals surface area contributed by atoms with Gasteiger partial charge in [-0.1, -0.05) is 6.92 Å². The largest absolute Gasteiger partial charge is 0.419 e. The molecule has 8 heteroatoms. The molecular weight excluding hydrogens is 271 g/mol.